The van der Waals surface area contributed by atoms with E-state index in [4.69, 9.17) is 5.10 Å². The number of aromatic amines is 1. The van der Waals surface area contributed by atoms with Gasteiger partial charge in [-0.05, 0) is 38.1 Å². The maximum absolute atomic E-state index is 14.2. The number of hydrogen-bond donors (Lipinski definition) is 2. The quantitative estimate of drug-likeness (QED) is 0.403. The molecule has 0 unspecified atom stereocenters. The fraction of sp³-hybridized carbons (Fsp3) is 0.240. The Kier molecular flexibility index (Phi) is 4.97. The number of aryl methyl sites for hydroxylation is 2. The Hall–Kier alpha value is -4.38. The topological polar surface area (TPSA) is 113 Å². The van der Waals surface area contributed by atoms with Crippen LogP contribution >= 0.6 is 0 Å². The molecule has 2 N–H and O–H groups in total. The first-order chi connectivity index (χ1) is 17.3. The molecule has 1 aliphatic rings. The number of aromatic nitrogens is 6. The molecule has 1 aliphatic heterocycles. The van der Waals surface area contributed by atoms with E-state index in [0.29, 0.717) is 42.1 Å². The van der Waals surface area contributed by atoms with Crippen molar-refractivity contribution >= 4 is 22.5 Å². The molecular weight excluding hydrogens is 463 g/mol. The first-order valence-corrected chi connectivity index (χ1v) is 11.5. The van der Waals surface area contributed by atoms with Gasteiger partial charge in [-0.25, -0.2) is 18.6 Å². The Labute approximate surface area is 204 Å². The summed E-state index contributed by atoms with van der Waals surface area (Å²) in [5.74, 6) is -0.720. The molecule has 10 nitrogen and oxygen atoms in total. The van der Waals surface area contributed by atoms with Gasteiger partial charge in [0.1, 0.15) is 22.5 Å². The number of fused-ring (bicyclic) bond motifs is 4. The Bertz CT molecular complexity index is 1730. The molecule has 0 saturated carbocycles. The van der Waals surface area contributed by atoms with Gasteiger partial charge < -0.3 is 10.3 Å². The summed E-state index contributed by atoms with van der Waals surface area (Å²) >= 11 is 0. The third-order valence-corrected chi connectivity index (χ3v) is 6.68. The highest BCUT2D eigenvalue weighted by molar-refractivity contribution is 5.92. The van der Waals surface area contributed by atoms with E-state index in [-0.39, 0.29) is 17.0 Å². The van der Waals surface area contributed by atoms with Gasteiger partial charge >= 0.3 is 0 Å². The molecule has 5 aromatic rings. The van der Waals surface area contributed by atoms with E-state index in [1.165, 1.54) is 10.6 Å². The first kappa shape index (κ1) is 22.1. The Morgan fingerprint density at radius 3 is 2.75 bits per heavy atom. The molecule has 0 bridgehead atoms. The van der Waals surface area contributed by atoms with Crippen LogP contribution in [0.4, 0.5) is 4.39 Å². The van der Waals surface area contributed by atoms with Crippen molar-refractivity contribution in [2.75, 3.05) is 7.05 Å². The van der Waals surface area contributed by atoms with Crippen LogP contribution in [-0.2, 0) is 19.6 Å². The summed E-state index contributed by atoms with van der Waals surface area (Å²) in [5, 5.41) is 12.0. The van der Waals surface area contributed by atoms with Crippen molar-refractivity contribution in [2.45, 2.75) is 33.5 Å². The smallest absolute Gasteiger partial charge is 0.274 e. The summed E-state index contributed by atoms with van der Waals surface area (Å²) in [7, 11) is 1.57. The SMILES string of the molecule is CNC(=O)c1ccc(-n2cc3c(n2)CN(Cc2nn4c(c2C)c(=O)[nH]c2c(F)cccc24)C3)c(C)n1. The molecule has 1 amide bonds. The standard InChI is InChI=1S/C25H23FN8O2/c1-13-18(31-34-21-6-4-5-16(26)22(21)29-25(36)23(13)34)11-32-9-15-10-33(30-19(15)12-32)20-8-7-17(24(35)27-3)28-14(20)2/h4-8,10H,9,11-12H2,1-3H3,(H,27,35)(H,29,36). The molecule has 0 fully saturated rings. The number of para-hydroxylation sites is 1. The number of hydrogen-bond acceptors (Lipinski definition) is 6. The predicted molar refractivity (Wildman–Crippen MR) is 130 cm³/mol. The van der Waals surface area contributed by atoms with Gasteiger partial charge in [0, 0.05) is 44.0 Å². The van der Waals surface area contributed by atoms with Crippen LogP contribution in [-0.4, -0.2) is 47.2 Å². The minimum atomic E-state index is -0.489. The fourth-order valence-corrected chi connectivity index (χ4v) is 4.83. The zero-order valence-corrected chi connectivity index (χ0v) is 20.0. The average Bonchev–Trinajstić information content (AvgIpc) is 3.51. The van der Waals surface area contributed by atoms with Crippen molar-refractivity contribution in [3.63, 3.8) is 0 Å². The second kappa shape index (κ2) is 8.09. The Balaban J connectivity index is 1.26. The lowest BCUT2D eigenvalue weighted by Crippen LogP contribution is -2.20. The number of carbonyl (C=O) groups excluding carboxylic acids is 1. The van der Waals surface area contributed by atoms with Crippen LogP contribution in [0.1, 0.15) is 38.7 Å². The zero-order valence-electron chi connectivity index (χ0n) is 20.0. The number of amides is 1. The van der Waals surface area contributed by atoms with Crippen molar-refractivity contribution in [2.24, 2.45) is 0 Å². The molecule has 5 heterocycles. The molecule has 0 radical (unpaired) electrons. The van der Waals surface area contributed by atoms with Crippen LogP contribution in [0.25, 0.3) is 22.2 Å². The highest BCUT2D eigenvalue weighted by Gasteiger charge is 2.26. The van der Waals surface area contributed by atoms with Gasteiger partial charge in [-0.1, -0.05) is 6.07 Å². The largest absolute Gasteiger partial charge is 0.354 e. The Morgan fingerprint density at radius 1 is 1.17 bits per heavy atom. The lowest BCUT2D eigenvalue weighted by molar-refractivity contribution is 0.0958. The molecule has 6 rings (SSSR count). The Morgan fingerprint density at radius 2 is 2.00 bits per heavy atom. The summed E-state index contributed by atoms with van der Waals surface area (Å²) in [6.45, 7) is 5.55. The van der Waals surface area contributed by atoms with Gasteiger partial charge in [-0.3, -0.25) is 14.5 Å². The summed E-state index contributed by atoms with van der Waals surface area (Å²) in [6, 6.07) is 8.19. The number of nitrogens with one attached hydrogen (secondary N) is 2. The van der Waals surface area contributed by atoms with E-state index in [1.807, 2.05) is 26.1 Å². The third-order valence-electron chi connectivity index (χ3n) is 6.68. The van der Waals surface area contributed by atoms with Crippen molar-refractivity contribution in [3.8, 4) is 5.69 Å². The third kappa shape index (κ3) is 3.39. The van der Waals surface area contributed by atoms with Crippen LogP contribution in [0.2, 0.25) is 0 Å². The van der Waals surface area contributed by atoms with Gasteiger partial charge in [0.25, 0.3) is 11.5 Å². The number of carbonyl (C=O) groups is 1. The number of rotatable bonds is 4. The number of halogens is 1. The molecule has 182 valence electrons. The van der Waals surface area contributed by atoms with Crippen LogP contribution < -0.4 is 10.9 Å². The van der Waals surface area contributed by atoms with Gasteiger partial charge in [0.15, 0.2) is 0 Å². The molecule has 4 aromatic heterocycles. The van der Waals surface area contributed by atoms with E-state index in [2.05, 4.69) is 25.3 Å². The second-order valence-corrected chi connectivity index (χ2v) is 8.99. The number of H-pyrrole nitrogens is 1. The van der Waals surface area contributed by atoms with Crippen molar-refractivity contribution < 1.29 is 9.18 Å². The molecule has 0 atom stereocenters. The normalized spacial score (nSPS) is 13.6. The average molecular weight is 487 g/mol. The van der Waals surface area contributed by atoms with E-state index < -0.39 is 5.82 Å². The van der Waals surface area contributed by atoms with Gasteiger partial charge in [0.2, 0.25) is 0 Å². The van der Waals surface area contributed by atoms with Crippen LogP contribution in [0.3, 0.4) is 0 Å². The molecule has 36 heavy (non-hydrogen) atoms. The van der Waals surface area contributed by atoms with E-state index in [0.717, 1.165) is 28.2 Å². The molecule has 0 aliphatic carbocycles. The molecule has 1 aromatic carbocycles. The molecule has 0 spiro atoms. The number of benzene rings is 1. The maximum atomic E-state index is 14.2. The van der Waals surface area contributed by atoms with Crippen LogP contribution in [0.15, 0.2) is 41.3 Å². The van der Waals surface area contributed by atoms with Crippen LogP contribution in [0, 0.1) is 19.7 Å². The molecule has 0 saturated heterocycles. The monoisotopic (exact) mass is 486 g/mol. The number of nitrogens with zero attached hydrogens (tertiary/aromatic N) is 6. The van der Waals surface area contributed by atoms with Gasteiger partial charge in [-0.2, -0.15) is 10.2 Å². The summed E-state index contributed by atoms with van der Waals surface area (Å²) < 4.78 is 17.6. The van der Waals surface area contributed by atoms with E-state index in [1.54, 1.807) is 29.9 Å². The highest BCUT2D eigenvalue weighted by Crippen LogP contribution is 2.27. The maximum Gasteiger partial charge on any atom is 0.274 e. The fourth-order valence-electron chi connectivity index (χ4n) is 4.83. The molecular formula is C25H23FN8O2. The zero-order chi connectivity index (χ0) is 25.1. The first-order valence-electron chi connectivity index (χ1n) is 11.5. The van der Waals surface area contributed by atoms with Gasteiger partial charge in [0.05, 0.1) is 28.3 Å². The lowest BCUT2D eigenvalue weighted by Gasteiger charge is -2.14. The van der Waals surface area contributed by atoms with Crippen molar-refractivity contribution in [1.82, 2.24) is 39.6 Å². The second-order valence-electron chi connectivity index (χ2n) is 8.99. The van der Waals surface area contributed by atoms with E-state index >= 15 is 0 Å². The summed E-state index contributed by atoms with van der Waals surface area (Å²) in [4.78, 5) is 33.8. The lowest BCUT2D eigenvalue weighted by atomic mass is 10.2. The van der Waals surface area contributed by atoms with Crippen LogP contribution in [0.5, 0.6) is 0 Å². The molecule has 11 heteroatoms. The number of pyridine rings is 1. The van der Waals surface area contributed by atoms with Gasteiger partial charge in [-0.15, -0.1) is 0 Å². The van der Waals surface area contributed by atoms with E-state index in [9.17, 15) is 14.0 Å². The summed E-state index contributed by atoms with van der Waals surface area (Å²) in [5.41, 5.74) is 6.20. The minimum Gasteiger partial charge on any atom is -0.354 e. The summed E-state index contributed by atoms with van der Waals surface area (Å²) in [6.07, 6.45) is 1.98. The van der Waals surface area contributed by atoms with Crippen molar-refractivity contribution in [1.29, 1.82) is 0 Å². The van der Waals surface area contributed by atoms with Crippen molar-refractivity contribution in [3.05, 3.63) is 86.6 Å². The minimum absolute atomic E-state index is 0.146. The predicted octanol–water partition coefficient (Wildman–Crippen LogP) is 2.39. The highest BCUT2D eigenvalue weighted by atomic mass is 19.1.